The fraction of sp³-hybridized carbons (Fsp3) is 0.222. The Labute approximate surface area is 145 Å². The molecule has 2 aromatic carbocycles. The fourth-order valence-electron chi connectivity index (χ4n) is 2.68. The molecular weight excluding hydrogens is 328 g/mol. The van der Waals surface area contributed by atoms with E-state index in [2.05, 4.69) is 5.32 Å². The predicted octanol–water partition coefficient (Wildman–Crippen LogP) is 2.91. The number of benzene rings is 2. The number of carbonyl (C=O) groups is 2. The molecule has 0 fully saturated rings. The number of ether oxygens (including phenoxy) is 1. The summed E-state index contributed by atoms with van der Waals surface area (Å²) in [5, 5.41) is 3.17. The van der Waals surface area contributed by atoms with Gasteiger partial charge in [-0.05, 0) is 18.2 Å². The second-order valence-electron chi connectivity index (χ2n) is 5.62. The molecule has 6 heteroatoms. The lowest BCUT2D eigenvalue weighted by Gasteiger charge is -2.20. The van der Waals surface area contributed by atoms with E-state index >= 15 is 0 Å². The zero-order chi connectivity index (χ0) is 17.1. The molecule has 0 aromatic heterocycles. The van der Waals surface area contributed by atoms with Gasteiger partial charge in [0, 0.05) is 12.6 Å². The lowest BCUT2D eigenvalue weighted by Crippen LogP contribution is -2.38. The molecule has 5 nitrogen and oxygen atoms in total. The monoisotopic (exact) mass is 344 g/mol. The molecule has 0 radical (unpaired) electrons. The molecule has 1 aliphatic heterocycles. The number of hydrogen-bond donors (Lipinski definition) is 1. The standard InChI is InChI=1S/C18H17ClN2O3/c1-21(10-17(22)20-15-8-4-3-7-14(15)19)18(23)13-11-24-16-9-5-2-6-12(13)16/h2-9,13H,10-11H2,1H3,(H,20,22)/t13-/m1/s1. The molecule has 2 aromatic rings. The summed E-state index contributed by atoms with van der Waals surface area (Å²) in [4.78, 5) is 26.2. The molecule has 1 heterocycles. The number of likely N-dealkylation sites (N-methyl/N-ethyl adjacent to an activating group) is 1. The highest BCUT2D eigenvalue weighted by molar-refractivity contribution is 6.33. The molecule has 2 amide bonds. The van der Waals surface area contributed by atoms with Crippen LogP contribution in [0, 0.1) is 0 Å². The van der Waals surface area contributed by atoms with E-state index in [4.69, 9.17) is 16.3 Å². The summed E-state index contributed by atoms with van der Waals surface area (Å²) >= 11 is 6.02. The van der Waals surface area contributed by atoms with E-state index in [9.17, 15) is 9.59 Å². The SMILES string of the molecule is CN(CC(=O)Nc1ccccc1Cl)C(=O)[C@@H]1COc2ccccc21. The zero-order valence-corrected chi connectivity index (χ0v) is 13.9. The normalized spacial score (nSPS) is 15.3. The third-order valence-electron chi connectivity index (χ3n) is 3.90. The van der Waals surface area contributed by atoms with Crippen LogP contribution in [0.1, 0.15) is 11.5 Å². The van der Waals surface area contributed by atoms with E-state index in [-0.39, 0.29) is 24.3 Å². The number of nitrogens with one attached hydrogen (secondary N) is 1. The Morgan fingerprint density at radius 3 is 2.71 bits per heavy atom. The number of hydrogen-bond acceptors (Lipinski definition) is 3. The van der Waals surface area contributed by atoms with Gasteiger partial charge in [-0.15, -0.1) is 0 Å². The second-order valence-corrected chi connectivity index (χ2v) is 6.03. The third kappa shape index (κ3) is 3.36. The molecule has 0 unspecified atom stereocenters. The summed E-state index contributed by atoms with van der Waals surface area (Å²) in [5.41, 5.74) is 1.39. The summed E-state index contributed by atoms with van der Waals surface area (Å²) in [7, 11) is 1.61. The van der Waals surface area contributed by atoms with Gasteiger partial charge in [0.1, 0.15) is 18.3 Å². The van der Waals surface area contributed by atoms with Crippen LogP contribution in [-0.2, 0) is 9.59 Å². The van der Waals surface area contributed by atoms with Gasteiger partial charge in [-0.3, -0.25) is 9.59 Å². The van der Waals surface area contributed by atoms with Gasteiger partial charge in [0.15, 0.2) is 0 Å². The first-order valence-corrected chi connectivity index (χ1v) is 7.95. The minimum absolute atomic E-state index is 0.0529. The summed E-state index contributed by atoms with van der Waals surface area (Å²) in [6.07, 6.45) is 0. The minimum atomic E-state index is -0.376. The average Bonchev–Trinajstić information content (AvgIpc) is 3.00. The van der Waals surface area contributed by atoms with Gasteiger partial charge in [0.05, 0.1) is 17.3 Å². The first-order valence-electron chi connectivity index (χ1n) is 7.57. The number of rotatable bonds is 4. The molecule has 0 saturated heterocycles. The maximum Gasteiger partial charge on any atom is 0.244 e. The van der Waals surface area contributed by atoms with Crippen molar-refractivity contribution in [3.63, 3.8) is 0 Å². The first-order chi connectivity index (χ1) is 11.6. The summed E-state index contributed by atoms with van der Waals surface area (Å²) < 4.78 is 5.53. The molecule has 0 spiro atoms. The van der Waals surface area contributed by atoms with Crippen LogP contribution in [0.3, 0.4) is 0 Å². The van der Waals surface area contributed by atoms with E-state index in [0.717, 1.165) is 11.3 Å². The highest BCUT2D eigenvalue weighted by atomic mass is 35.5. The number of nitrogens with zero attached hydrogens (tertiary/aromatic N) is 1. The van der Waals surface area contributed by atoms with Gasteiger partial charge in [-0.25, -0.2) is 0 Å². The number of para-hydroxylation sites is 2. The maximum absolute atomic E-state index is 12.6. The van der Waals surface area contributed by atoms with Crippen LogP contribution in [0.15, 0.2) is 48.5 Å². The van der Waals surface area contributed by atoms with Crippen molar-refractivity contribution in [2.45, 2.75) is 5.92 Å². The zero-order valence-electron chi connectivity index (χ0n) is 13.2. The Balaban J connectivity index is 1.63. The highest BCUT2D eigenvalue weighted by Gasteiger charge is 2.32. The number of fused-ring (bicyclic) bond motifs is 1. The number of amides is 2. The van der Waals surface area contributed by atoms with Crippen LogP contribution in [0.4, 0.5) is 5.69 Å². The van der Waals surface area contributed by atoms with E-state index in [1.54, 1.807) is 31.3 Å². The lowest BCUT2D eigenvalue weighted by molar-refractivity contribution is -0.134. The molecule has 0 saturated carbocycles. The van der Waals surface area contributed by atoms with Crippen LogP contribution in [0.25, 0.3) is 0 Å². The topological polar surface area (TPSA) is 58.6 Å². The Bertz CT molecular complexity index is 778. The van der Waals surface area contributed by atoms with Crippen LogP contribution in [-0.4, -0.2) is 36.9 Å². The van der Waals surface area contributed by atoms with Crippen LogP contribution >= 0.6 is 11.6 Å². The smallest absolute Gasteiger partial charge is 0.244 e. The maximum atomic E-state index is 12.6. The molecule has 24 heavy (non-hydrogen) atoms. The van der Waals surface area contributed by atoms with Gasteiger partial charge >= 0.3 is 0 Å². The molecule has 3 rings (SSSR count). The quantitative estimate of drug-likeness (QED) is 0.927. The summed E-state index contributed by atoms with van der Waals surface area (Å²) in [5.74, 6) is -0.0931. The van der Waals surface area contributed by atoms with Crippen molar-refractivity contribution in [3.8, 4) is 5.75 Å². The molecular formula is C18H17ClN2O3. The van der Waals surface area contributed by atoms with Crippen molar-refractivity contribution in [3.05, 3.63) is 59.1 Å². The average molecular weight is 345 g/mol. The Morgan fingerprint density at radius 2 is 1.92 bits per heavy atom. The van der Waals surface area contributed by atoms with Crippen molar-refractivity contribution < 1.29 is 14.3 Å². The van der Waals surface area contributed by atoms with Gasteiger partial charge in [-0.2, -0.15) is 0 Å². The van der Waals surface area contributed by atoms with E-state index in [1.165, 1.54) is 4.90 Å². The fourth-order valence-corrected chi connectivity index (χ4v) is 2.86. The Kier molecular flexibility index (Phi) is 4.71. The molecule has 0 aliphatic carbocycles. The van der Waals surface area contributed by atoms with Crippen molar-refractivity contribution in [1.82, 2.24) is 4.90 Å². The Morgan fingerprint density at radius 1 is 1.21 bits per heavy atom. The Hall–Kier alpha value is -2.53. The number of anilines is 1. The summed E-state index contributed by atoms with van der Waals surface area (Å²) in [6, 6.07) is 14.4. The summed E-state index contributed by atoms with van der Waals surface area (Å²) in [6.45, 7) is 0.247. The van der Waals surface area contributed by atoms with E-state index in [0.29, 0.717) is 17.3 Å². The second kappa shape index (κ2) is 6.93. The van der Waals surface area contributed by atoms with Crippen molar-refractivity contribution in [2.24, 2.45) is 0 Å². The van der Waals surface area contributed by atoms with Crippen molar-refractivity contribution in [2.75, 3.05) is 25.5 Å². The molecule has 0 bridgehead atoms. The van der Waals surface area contributed by atoms with Crippen LogP contribution in [0.2, 0.25) is 5.02 Å². The highest BCUT2D eigenvalue weighted by Crippen LogP contribution is 2.34. The number of carbonyl (C=O) groups excluding carboxylic acids is 2. The van der Waals surface area contributed by atoms with Crippen molar-refractivity contribution in [1.29, 1.82) is 0 Å². The van der Waals surface area contributed by atoms with E-state index in [1.807, 2.05) is 24.3 Å². The first kappa shape index (κ1) is 16.3. The lowest BCUT2D eigenvalue weighted by atomic mass is 10.00. The molecule has 1 N–H and O–H groups in total. The van der Waals surface area contributed by atoms with Crippen molar-refractivity contribution >= 4 is 29.1 Å². The van der Waals surface area contributed by atoms with Crippen LogP contribution < -0.4 is 10.1 Å². The van der Waals surface area contributed by atoms with E-state index < -0.39 is 0 Å². The number of halogens is 1. The van der Waals surface area contributed by atoms with Gasteiger partial charge < -0.3 is 15.0 Å². The largest absolute Gasteiger partial charge is 0.492 e. The predicted molar refractivity (Wildman–Crippen MR) is 92.4 cm³/mol. The minimum Gasteiger partial charge on any atom is -0.492 e. The third-order valence-corrected chi connectivity index (χ3v) is 4.23. The van der Waals surface area contributed by atoms with Crippen LogP contribution in [0.5, 0.6) is 5.75 Å². The molecule has 1 atom stereocenters. The molecule has 124 valence electrons. The van der Waals surface area contributed by atoms with Gasteiger partial charge in [0.25, 0.3) is 0 Å². The van der Waals surface area contributed by atoms with Gasteiger partial charge in [-0.1, -0.05) is 41.9 Å². The van der Waals surface area contributed by atoms with Gasteiger partial charge in [0.2, 0.25) is 11.8 Å². The molecule has 1 aliphatic rings.